The van der Waals surface area contributed by atoms with E-state index < -0.39 is 28.5 Å². The van der Waals surface area contributed by atoms with Crippen molar-refractivity contribution in [2.45, 2.75) is 69.4 Å². The zero-order valence-corrected chi connectivity index (χ0v) is 25.5. The fourth-order valence-electron chi connectivity index (χ4n) is 5.38. The van der Waals surface area contributed by atoms with Crippen LogP contribution in [0.2, 0.25) is 0 Å². The minimum atomic E-state index is -4.11. The average Bonchev–Trinajstić information content (AvgIpc) is 3.51. The molecule has 0 aromatic heterocycles. The summed E-state index contributed by atoms with van der Waals surface area (Å²) in [4.78, 5) is 29.3. The third-order valence-corrected chi connectivity index (χ3v) is 9.61. The number of hydrogen-bond donors (Lipinski definition) is 1. The molecular weight excluding hydrogens is 550 g/mol. The Balaban J connectivity index is 1.67. The summed E-state index contributed by atoms with van der Waals surface area (Å²) in [6, 6.07) is 22.3. The van der Waals surface area contributed by atoms with Crippen LogP contribution in [0, 0.1) is 6.92 Å². The van der Waals surface area contributed by atoms with Crippen molar-refractivity contribution >= 4 is 27.5 Å². The van der Waals surface area contributed by atoms with Crippen LogP contribution >= 0.6 is 0 Å². The average molecular weight is 592 g/mol. The van der Waals surface area contributed by atoms with E-state index in [1.54, 1.807) is 53.4 Å². The van der Waals surface area contributed by atoms with E-state index in [9.17, 15) is 18.0 Å². The molecule has 2 amide bonds. The van der Waals surface area contributed by atoms with Crippen LogP contribution in [0.25, 0.3) is 0 Å². The molecule has 0 bridgehead atoms. The van der Waals surface area contributed by atoms with Gasteiger partial charge in [-0.2, -0.15) is 0 Å². The van der Waals surface area contributed by atoms with Gasteiger partial charge in [0.25, 0.3) is 10.0 Å². The fraction of sp³-hybridized carbons (Fsp3) is 0.394. The summed E-state index contributed by atoms with van der Waals surface area (Å²) in [5.41, 5.74) is 2.28. The Kier molecular flexibility index (Phi) is 10.6. The quantitative estimate of drug-likeness (QED) is 0.298. The molecule has 4 rings (SSSR count). The van der Waals surface area contributed by atoms with Gasteiger partial charge in [-0.25, -0.2) is 8.42 Å². The summed E-state index contributed by atoms with van der Waals surface area (Å²) in [6.45, 7) is 3.59. The van der Waals surface area contributed by atoms with Crippen LogP contribution in [0.5, 0.6) is 5.75 Å². The van der Waals surface area contributed by atoms with E-state index in [4.69, 9.17) is 4.74 Å². The van der Waals surface area contributed by atoms with Crippen LogP contribution in [0.1, 0.15) is 50.2 Å². The van der Waals surface area contributed by atoms with Gasteiger partial charge in [-0.1, -0.05) is 67.8 Å². The second-order valence-corrected chi connectivity index (χ2v) is 12.6. The predicted octanol–water partition coefficient (Wildman–Crippen LogP) is 5.11. The Bertz CT molecular complexity index is 1420. The van der Waals surface area contributed by atoms with E-state index in [0.717, 1.165) is 41.1 Å². The first-order valence-electron chi connectivity index (χ1n) is 14.6. The number of carbonyl (C=O) groups is 2. The molecule has 0 spiro atoms. The Morgan fingerprint density at radius 1 is 0.952 bits per heavy atom. The van der Waals surface area contributed by atoms with Gasteiger partial charge >= 0.3 is 0 Å². The van der Waals surface area contributed by atoms with E-state index in [1.165, 1.54) is 7.11 Å². The number of ether oxygens (including phenoxy) is 1. The second-order valence-electron chi connectivity index (χ2n) is 10.8. The van der Waals surface area contributed by atoms with Crippen LogP contribution in [-0.4, -0.2) is 57.4 Å². The molecule has 1 fully saturated rings. The van der Waals surface area contributed by atoms with Crippen molar-refractivity contribution in [1.82, 2.24) is 10.2 Å². The lowest BCUT2D eigenvalue weighted by Crippen LogP contribution is -2.54. The highest BCUT2D eigenvalue weighted by atomic mass is 32.2. The molecule has 42 heavy (non-hydrogen) atoms. The predicted molar refractivity (Wildman–Crippen MR) is 165 cm³/mol. The van der Waals surface area contributed by atoms with Gasteiger partial charge in [0, 0.05) is 12.6 Å². The summed E-state index contributed by atoms with van der Waals surface area (Å²) in [5.74, 6) is -0.0639. The van der Waals surface area contributed by atoms with Crippen LogP contribution in [0.4, 0.5) is 5.69 Å². The molecule has 0 radical (unpaired) electrons. The normalized spacial score (nSPS) is 14.3. The number of anilines is 1. The highest BCUT2D eigenvalue weighted by molar-refractivity contribution is 7.92. The Morgan fingerprint density at radius 2 is 1.60 bits per heavy atom. The van der Waals surface area contributed by atoms with Gasteiger partial charge in [-0.15, -0.1) is 0 Å². The number of sulfonamides is 1. The van der Waals surface area contributed by atoms with Gasteiger partial charge in [0.1, 0.15) is 18.3 Å². The fourth-order valence-corrected chi connectivity index (χ4v) is 6.79. The Morgan fingerprint density at radius 3 is 2.19 bits per heavy atom. The summed E-state index contributed by atoms with van der Waals surface area (Å²) >= 11 is 0. The van der Waals surface area contributed by atoms with Crippen LogP contribution < -0.4 is 14.4 Å². The highest BCUT2D eigenvalue weighted by Gasteiger charge is 2.34. The number of benzene rings is 3. The molecule has 1 unspecified atom stereocenters. The SMILES string of the molecule is CCC(C(=O)NC1CCCC1)N(CCc1ccccc1)C(=O)CN(c1ccc(OC)cc1)S(=O)(=O)c1ccc(C)cc1. The number of nitrogens with zero attached hydrogens (tertiary/aromatic N) is 2. The van der Waals surface area contributed by atoms with Crippen molar-refractivity contribution in [3.63, 3.8) is 0 Å². The van der Waals surface area contributed by atoms with E-state index in [0.29, 0.717) is 24.3 Å². The summed E-state index contributed by atoms with van der Waals surface area (Å²) in [6.07, 6.45) is 4.96. The number of carbonyl (C=O) groups excluding carboxylic acids is 2. The van der Waals surface area contributed by atoms with Crippen molar-refractivity contribution < 1.29 is 22.7 Å². The molecule has 1 saturated carbocycles. The third kappa shape index (κ3) is 7.70. The zero-order valence-electron chi connectivity index (χ0n) is 24.7. The van der Waals surface area contributed by atoms with Crippen LogP contribution in [-0.2, 0) is 26.0 Å². The molecule has 3 aromatic carbocycles. The molecule has 224 valence electrons. The van der Waals surface area contributed by atoms with Gasteiger partial charge in [-0.05, 0) is 74.6 Å². The number of nitrogens with one attached hydrogen (secondary N) is 1. The van der Waals surface area contributed by atoms with Crippen molar-refractivity contribution in [1.29, 1.82) is 0 Å². The van der Waals surface area contributed by atoms with Crippen LogP contribution in [0.15, 0.2) is 83.8 Å². The molecule has 0 saturated heterocycles. The smallest absolute Gasteiger partial charge is 0.264 e. The zero-order chi connectivity index (χ0) is 30.1. The van der Waals surface area contributed by atoms with Crippen molar-refractivity contribution in [2.24, 2.45) is 0 Å². The van der Waals surface area contributed by atoms with E-state index in [1.807, 2.05) is 44.2 Å². The lowest BCUT2D eigenvalue weighted by atomic mass is 10.1. The van der Waals surface area contributed by atoms with Crippen LogP contribution in [0.3, 0.4) is 0 Å². The largest absolute Gasteiger partial charge is 0.497 e. The maximum Gasteiger partial charge on any atom is 0.264 e. The van der Waals surface area contributed by atoms with Crippen molar-refractivity contribution in [3.05, 3.63) is 90.0 Å². The molecule has 9 heteroatoms. The molecule has 0 aliphatic heterocycles. The van der Waals surface area contributed by atoms with E-state index in [2.05, 4.69) is 5.32 Å². The second kappa shape index (κ2) is 14.4. The number of hydrogen-bond acceptors (Lipinski definition) is 5. The molecular formula is C33H41N3O5S. The number of methoxy groups -OCH3 is 1. The third-order valence-electron chi connectivity index (χ3n) is 7.82. The maximum atomic E-state index is 14.2. The van der Waals surface area contributed by atoms with Gasteiger partial charge in [0.15, 0.2) is 0 Å². The standard InChI is InChI=1S/C33H41N3O5S/c1-4-31(33(38)34-27-12-8-9-13-27)35(23-22-26-10-6-5-7-11-26)32(37)24-36(28-16-18-29(41-3)19-17-28)42(39,40)30-20-14-25(2)15-21-30/h5-7,10-11,14-21,27,31H,4,8-9,12-13,22-24H2,1-3H3,(H,34,38). The van der Waals surface area contributed by atoms with Crippen molar-refractivity contribution in [3.8, 4) is 5.75 Å². The molecule has 8 nitrogen and oxygen atoms in total. The molecule has 1 aliphatic rings. The molecule has 3 aromatic rings. The van der Waals surface area contributed by atoms with Gasteiger partial charge in [0.05, 0.1) is 17.7 Å². The Hall–Kier alpha value is -3.85. The summed E-state index contributed by atoms with van der Waals surface area (Å²) in [5, 5.41) is 3.14. The number of aryl methyl sites for hydroxylation is 1. The minimum Gasteiger partial charge on any atom is -0.497 e. The van der Waals surface area contributed by atoms with Gasteiger partial charge < -0.3 is 15.0 Å². The van der Waals surface area contributed by atoms with E-state index in [-0.39, 0.29) is 23.4 Å². The van der Waals surface area contributed by atoms with Crippen molar-refractivity contribution in [2.75, 3.05) is 24.5 Å². The van der Waals surface area contributed by atoms with E-state index >= 15 is 0 Å². The lowest BCUT2D eigenvalue weighted by Gasteiger charge is -2.33. The summed E-state index contributed by atoms with van der Waals surface area (Å²) < 4.78 is 34.4. The summed E-state index contributed by atoms with van der Waals surface area (Å²) in [7, 11) is -2.58. The lowest BCUT2D eigenvalue weighted by molar-refractivity contribution is -0.139. The highest BCUT2D eigenvalue weighted by Crippen LogP contribution is 2.27. The number of amides is 2. The Labute approximate surface area is 249 Å². The van der Waals surface area contributed by atoms with Gasteiger partial charge in [0.2, 0.25) is 11.8 Å². The molecule has 1 aliphatic carbocycles. The number of rotatable bonds is 13. The molecule has 0 heterocycles. The maximum absolute atomic E-state index is 14.2. The first kappa shape index (κ1) is 31.1. The topological polar surface area (TPSA) is 96.0 Å². The molecule has 1 atom stereocenters. The minimum absolute atomic E-state index is 0.0820. The monoisotopic (exact) mass is 591 g/mol. The first-order chi connectivity index (χ1) is 20.2. The molecule has 1 N–H and O–H groups in total. The first-order valence-corrected chi connectivity index (χ1v) is 16.0. The van der Waals surface area contributed by atoms with Gasteiger partial charge in [-0.3, -0.25) is 13.9 Å².